The van der Waals surface area contributed by atoms with Gasteiger partial charge in [-0.05, 0) is 25.6 Å². The van der Waals surface area contributed by atoms with Crippen LogP contribution in [-0.4, -0.2) is 19.3 Å². The molecule has 2 heterocycles. The molecular formula is C11H16N4S. The number of aromatic nitrogens is 4. The predicted octanol–water partition coefficient (Wildman–Crippen LogP) is 2.74. The summed E-state index contributed by atoms with van der Waals surface area (Å²) in [4.78, 5) is 3.23. The van der Waals surface area contributed by atoms with Crippen LogP contribution in [0, 0.1) is 4.77 Å². The summed E-state index contributed by atoms with van der Waals surface area (Å²) in [5.74, 6) is 0. The quantitative estimate of drug-likeness (QED) is 0.657. The monoisotopic (exact) mass is 236 g/mol. The fourth-order valence-electron chi connectivity index (χ4n) is 1.97. The maximum atomic E-state index is 5.33. The molecule has 0 spiro atoms. The lowest BCUT2D eigenvalue weighted by Crippen LogP contribution is -2.06. The minimum atomic E-state index is 0.168. The molecule has 2 aromatic rings. The molecular weight excluding hydrogens is 220 g/mol. The van der Waals surface area contributed by atoms with Crippen LogP contribution in [0.4, 0.5) is 0 Å². The van der Waals surface area contributed by atoms with Crippen LogP contribution in [0.15, 0.2) is 12.7 Å². The van der Waals surface area contributed by atoms with Crippen LogP contribution in [0.3, 0.4) is 0 Å². The first-order valence-electron chi connectivity index (χ1n) is 5.38. The van der Waals surface area contributed by atoms with Gasteiger partial charge in [-0.1, -0.05) is 13.0 Å². The van der Waals surface area contributed by atoms with Gasteiger partial charge in [0, 0.05) is 7.05 Å². The van der Waals surface area contributed by atoms with Gasteiger partial charge in [-0.2, -0.15) is 5.10 Å². The van der Waals surface area contributed by atoms with Crippen molar-refractivity contribution in [3.05, 3.63) is 23.1 Å². The highest BCUT2D eigenvalue weighted by Gasteiger charge is 2.15. The molecule has 1 N–H and O–H groups in total. The average Bonchev–Trinajstić information content (AvgIpc) is 2.75. The molecule has 0 bridgehead atoms. The SMILES string of the molecule is C=CC(C)n1c(=S)[nH]c2c(CC)nn(C)c21. The van der Waals surface area contributed by atoms with Crippen molar-refractivity contribution in [1.82, 2.24) is 19.3 Å². The van der Waals surface area contributed by atoms with E-state index >= 15 is 0 Å². The van der Waals surface area contributed by atoms with Crippen LogP contribution in [-0.2, 0) is 13.5 Å². The number of hydrogen-bond acceptors (Lipinski definition) is 2. The van der Waals surface area contributed by atoms with Crippen molar-refractivity contribution in [1.29, 1.82) is 0 Å². The number of aromatic amines is 1. The van der Waals surface area contributed by atoms with E-state index in [0.29, 0.717) is 0 Å². The second kappa shape index (κ2) is 3.90. The maximum absolute atomic E-state index is 5.33. The summed E-state index contributed by atoms with van der Waals surface area (Å²) in [7, 11) is 1.94. The van der Waals surface area contributed by atoms with Crippen molar-refractivity contribution >= 4 is 23.4 Å². The fourth-order valence-corrected chi connectivity index (χ4v) is 2.32. The number of H-pyrrole nitrogens is 1. The summed E-state index contributed by atoms with van der Waals surface area (Å²) in [6.45, 7) is 7.96. The Morgan fingerprint density at radius 3 is 2.88 bits per heavy atom. The van der Waals surface area contributed by atoms with Crippen LogP contribution in [0.5, 0.6) is 0 Å². The molecule has 0 aliphatic heterocycles. The van der Waals surface area contributed by atoms with E-state index in [1.165, 1.54) is 0 Å². The molecule has 0 aromatic carbocycles. The topological polar surface area (TPSA) is 38.5 Å². The lowest BCUT2D eigenvalue weighted by atomic mass is 10.3. The Labute approximate surface area is 99.6 Å². The van der Waals surface area contributed by atoms with Gasteiger partial charge < -0.3 is 4.98 Å². The number of aryl methyl sites for hydroxylation is 2. The van der Waals surface area contributed by atoms with Gasteiger partial charge in [0.2, 0.25) is 0 Å². The Kier molecular flexibility index (Phi) is 2.71. The van der Waals surface area contributed by atoms with Crippen molar-refractivity contribution in [3.63, 3.8) is 0 Å². The molecule has 4 nitrogen and oxygen atoms in total. The molecule has 0 radical (unpaired) electrons. The van der Waals surface area contributed by atoms with E-state index in [2.05, 4.69) is 30.5 Å². The van der Waals surface area contributed by atoms with Gasteiger partial charge in [0.1, 0.15) is 5.52 Å². The van der Waals surface area contributed by atoms with E-state index < -0.39 is 0 Å². The number of nitrogens with one attached hydrogen (secondary N) is 1. The van der Waals surface area contributed by atoms with E-state index in [0.717, 1.165) is 28.0 Å². The Bertz CT molecular complexity index is 587. The van der Waals surface area contributed by atoms with Crippen molar-refractivity contribution in [2.24, 2.45) is 7.05 Å². The zero-order valence-electron chi connectivity index (χ0n) is 9.82. The maximum Gasteiger partial charge on any atom is 0.179 e. The van der Waals surface area contributed by atoms with Crippen molar-refractivity contribution in [3.8, 4) is 0 Å². The van der Waals surface area contributed by atoms with Crippen molar-refractivity contribution in [2.45, 2.75) is 26.3 Å². The molecule has 0 saturated heterocycles. The molecule has 0 saturated carbocycles. The van der Waals surface area contributed by atoms with Gasteiger partial charge >= 0.3 is 0 Å². The smallest absolute Gasteiger partial charge is 0.179 e. The fraction of sp³-hybridized carbons (Fsp3) is 0.455. The van der Waals surface area contributed by atoms with Gasteiger partial charge in [-0.25, -0.2) is 0 Å². The molecule has 0 aliphatic rings. The summed E-state index contributed by atoms with van der Waals surface area (Å²) in [5.41, 5.74) is 3.14. The van der Waals surface area contributed by atoms with Crippen LogP contribution in [0.2, 0.25) is 0 Å². The number of fused-ring (bicyclic) bond motifs is 1. The van der Waals surface area contributed by atoms with Crippen molar-refractivity contribution < 1.29 is 0 Å². The van der Waals surface area contributed by atoms with Gasteiger partial charge in [-0.15, -0.1) is 6.58 Å². The Hall–Kier alpha value is -1.36. The van der Waals surface area contributed by atoms with Crippen LogP contribution >= 0.6 is 12.2 Å². The summed E-state index contributed by atoms with van der Waals surface area (Å²) in [6, 6.07) is 0.168. The average molecular weight is 236 g/mol. The molecule has 0 amide bonds. The second-order valence-electron chi connectivity index (χ2n) is 3.90. The molecule has 2 rings (SSSR count). The van der Waals surface area contributed by atoms with Crippen LogP contribution < -0.4 is 0 Å². The second-order valence-corrected chi connectivity index (χ2v) is 4.29. The van der Waals surface area contributed by atoms with Gasteiger partial charge in [0.15, 0.2) is 10.4 Å². The van der Waals surface area contributed by atoms with Gasteiger partial charge in [-0.3, -0.25) is 9.25 Å². The summed E-state index contributed by atoms with van der Waals surface area (Å²) in [5, 5.41) is 4.47. The third-order valence-corrected chi connectivity index (χ3v) is 3.15. The van der Waals surface area contributed by atoms with Crippen LogP contribution in [0.25, 0.3) is 11.2 Å². The van der Waals surface area contributed by atoms with Gasteiger partial charge in [0.25, 0.3) is 0 Å². The van der Waals surface area contributed by atoms with Crippen LogP contribution in [0.1, 0.15) is 25.6 Å². The van der Waals surface area contributed by atoms with E-state index in [1.807, 2.05) is 22.4 Å². The standard InChI is InChI=1S/C11H16N4S/c1-5-7(3)15-10-9(12-11(15)16)8(6-2)13-14(10)4/h5,7H,1,6H2,2-4H3,(H,12,16). The predicted molar refractivity (Wildman–Crippen MR) is 68.2 cm³/mol. The molecule has 86 valence electrons. The molecule has 0 fully saturated rings. The molecule has 0 aliphatic carbocycles. The normalized spacial score (nSPS) is 13.2. The minimum absolute atomic E-state index is 0.168. The number of hydrogen-bond donors (Lipinski definition) is 1. The summed E-state index contributed by atoms with van der Waals surface area (Å²) in [6.07, 6.45) is 2.77. The number of rotatable bonds is 3. The third-order valence-electron chi connectivity index (χ3n) is 2.85. The molecule has 16 heavy (non-hydrogen) atoms. The number of allylic oxidation sites excluding steroid dienone is 1. The lowest BCUT2D eigenvalue weighted by Gasteiger charge is -2.08. The largest absolute Gasteiger partial charge is 0.328 e. The van der Waals surface area contributed by atoms with E-state index in [9.17, 15) is 0 Å². The highest BCUT2D eigenvalue weighted by atomic mass is 32.1. The summed E-state index contributed by atoms with van der Waals surface area (Å²) < 4.78 is 4.65. The Morgan fingerprint density at radius 1 is 1.62 bits per heavy atom. The molecule has 1 unspecified atom stereocenters. The molecule has 5 heteroatoms. The number of imidazole rings is 1. The minimum Gasteiger partial charge on any atom is -0.328 e. The highest BCUT2D eigenvalue weighted by molar-refractivity contribution is 7.71. The number of nitrogens with zero attached hydrogens (tertiary/aromatic N) is 3. The van der Waals surface area contributed by atoms with E-state index in [1.54, 1.807) is 0 Å². The van der Waals surface area contributed by atoms with Crippen molar-refractivity contribution in [2.75, 3.05) is 0 Å². The third kappa shape index (κ3) is 1.43. The summed E-state index contributed by atoms with van der Waals surface area (Å²) >= 11 is 5.33. The van der Waals surface area contributed by atoms with Gasteiger partial charge in [0.05, 0.1) is 11.7 Å². The zero-order chi connectivity index (χ0) is 11.9. The molecule has 2 aromatic heterocycles. The Balaban J connectivity index is 2.83. The highest BCUT2D eigenvalue weighted by Crippen LogP contribution is 2.22. The zero-order valence-corrected chi connectivity index (χ0v) is 10.6. The lowest BCUT2D eigenvalue weighted by molar-refractivity contribution is 0.636. The Morgan fingerprint density at radius 2 is 2.31 bits per heavy atom. The first-order chi connectivity index (χ1) is 7.60. The van der Waals surface area contributed by atoms with E-state index in [-0.39, 0.29) is 6.04 Å². The first kappa shape index (κ1) is 11.1. The van der Waals surface area contributed by atoms with E-state index in [4.69, 9.17) is 12.2 Å². The first-order valence-corrected chi connectivity index (χ1v) is 5.79. The molecule has 1 atom stereocenters.